The van der Waals surface area contributed by atoms with Crippen LogP contribution in [0.3, 0.4) is 0 Å². The van der Waals surface area contributed by atoms with Gasteiger partial charge in [0.25, 0.3) is 0 Å². The molecule has 0 unspecified atom stereocenters. The molecule has 0 aliphatic carbocycles. The van der Waals surface area contributed by atoms with Crippen molar-refractivity contribution in [2.45, 2.75) is 25.5 Å². The highest BCUT2D eigenvalue weighted by molar-refractivity contribution is 14.1. The maximum atomic E-state index is 11.7. The van der Waals surface area contributed by atoms with E-state index in [-0.39, 0.29) is 15.6 Å². The van der Waals surface area contributed by atoms with Crippen molar-refractivity contribution in [3.8, 4) is 0 Å². The number of aromatic nitrogens is 2. The van der Waals surface area contributed by atoms with E-state index in [2.05, 4.69) is 37.2 Å². The average molecular weight is 377 g/mol. The molecule has 17 heavy (non-hydrogen) atoms. The van der Waals surface area contributed by atoms with Crippen LogP contribution in [0.25, 0.3) is 0 Å². The molecular weight excluding hydrogens is 363 g/mol. The second-order valence-corrected chi connectivity index (χ2v) is 8.08. The molecule has 1 aromatic heterocycles. The molecule has 0 saturated carbocycles. The Labute approximate surface area is 124 Å². The lowest BCUT2D eigenvalue weighted by Crippen LogP contribution is -2.39. The van der Waals surface area contributed by atoms with Crippen molar-refractivity contribution in [3.63, 3.8) is 0 Å². The Hall–Kier alpha value is 0.435. The number of halogens is 1. The molecule has 0 N–H and O–H groups in total. The third kappa shape index (κ3) is 3.47. The van der Waals surface area contributed by atoms with E-state index in [1.54, 1.807) is 0 Å². The molecule has 1 aliphatic rings. The van der Waals surface area contributed by atoms with Crippen LogP contribution < -0.4 is 0 Å². The zero-order valence-electron chi connectivity index (χ0n) is 9.86. The van der Waals surface area contributed by atoms with Crippen molar-refractivity contribution in [2.75, 3.05) is 6.54 Å². The van der Waals surface area contributed by atoms with Crippen LogP contribution in [-0.4, -0.2) is 53.5 Å². The fraction of sp³-hybridized carbons (Fsp3) is 0.556. The van der Waals surface area contributed by atoms with E-state index in [0.717, 1.165) is 24.5 Å². The van der Waals surface area contributed by atoms with Crippen molar-refractivity contribution >= 4 is 52.5 Å². The molecule has 2 rings (SSSR count). The minimum atomic E-state index is -0.605. The molecule has 1 aliphatic heterocycles. The Bertz CT molecular complexity index is 413. The number of carbonyl (C=O) groups excluding carboxylic acids is 1. The first kappa shape index (κ1) is 13.9. The Morgan fingerprint density at radius 3 is 3.18 bits per heavy atom. The van der Waals surface area contributed by atoms with Crippen LogP contribution in [0, 0.1) is 0 Å². The third-order valence-corrected chi connectivity index (χ3v) is 6.02. The van der Waals surface area contributed by atoms with E-state index < -0.39 is 11.9 Å². The van der Waals surface area contributed by atoms with Crippen LogP contribution >= 0.6 is 20.3 Å². The van der Waals surface area contributed by atoms with Crippen LogP contribution in [0.4, 0.5) is 4.79 Å². The zero-order valence-corrected chi connectivity index (χ0v) is 14.8. The normalized spacial score (nSPS) is 14.4. The number of amides is 1. The Kier molecular flexibility index (Phi) is 5.35. The van der Waals surface area contributed by atoms with Gasteiger partial charge in [-0.1, -0.05) is 5.79 Å². The smallest absolute Gasteiger partial charge is 0.467 e. The average Bonchev–Trinajstić information content (AvgIpc) is 2.76. The number of hydrogen-bond donors (Lipinski definition) is 0. The predicted octanol–water partition coefficient (Wildman–Crippen LogP) is 0.521. The summed E-state index contributed by atoms with van der Waals surface area (Å²) in [6.07, 6.45) is 0. The minimum absolute atomic E-state index is 0.344. The summed E-state index contributed by atoms with van der Waals surface area (Å²) in [5.74, 6) is 2.11. The van der Waals surface area contributed by atoms with Gasteiger partial charge >= 0.3 is 27.5 Å². The summed E-state index contributed by atoms with van der Waals surface area (Å²) in [5.41, 5.74) is 2.13. The van der Waals surface area contributed by atoms with Gasteiger partial charge in [-0.2, -0.15) is 25.4 Å². The van der Waals surface area contributed by atoms with Gasteiger partial charge < -0.3 is 8.69 Å². The highest BCUT2D eigenvalue weighted by Crippen LogP contribution is 2.14. The van der Waals surface area contributed by atoms with Crippen LogP contribution in [-0.2, 0) is 23.5 Å². The molecular formula is C9H14Al2IN3O2. The Morgan fingerprint density at radius 1 is 1.65 bits per heavy atom. The molecule has 1 amide bonds. The van der Waals surface area contributed by atoms with Gasteiger partial charge in [0.1, 0.15) is 4.77 Å². The van der Waals surface area contributed by atoms with Crippen LogP contribution in [0.15, 0.2) is 6.07 Å². The molecule has 0 aromatic carbocycles. The van der Waals surface area contributed by atoms with Gasteiger partial charge in [-0.15, -0.1) is 0 Å². The second-order valence-electron chi connectivity index (χ2n) is 3.94. The number of carbonyl (C=O) groups is 1. The lowest BCUT2D eigenvalue weighted by Gasteiger charge is -2.27. The number of fused-ring (bicyclic) bond motifs is 1. The SMILES string of the molecule is [CH3][AlH][O]Cc1cc2n(n1)CCN([C](=O)[AlH][I])C2. The molecule has 8 heteroatoms. The van der Waals surface area contributed by atoms with Gasteiger partial charge in [-0.05, 0) is 6.07 Å². The van der Waals surface area contributed by atoms with Gasteiger partial charge in [0.05, 0.1) is 31.1 Å². The number of hydrogen-bond acceptors (Lipinski definition) is 3. The fourth-order valence-corrected chi connectivity index (χ4v) is 4.20. The molecule has 0 bridgehead atoms. The van der Waals surface area contributed by atoms with Crippen molar-refractivity contribution in [1.29, 1.82) is 0 Å². The monoisotopic (exact) mass is 377 g/mol. The highest BCUT2D eigenvalue weighted by Gasteiger charge is 2.21. The minimum Gasteiger partial charge on any atom is -0.499 e. The highest BCUT2D eigenvalue weighted by atomic mass is 127. The predicted molar refractivity (Wildman–Crippen MR) is 77.0 cm³/mol. The first-order valence-electron chi connectivity index (χ1n) is 5.71. The van der Waals surface area contributed by atoms with E-state index >= 15 is 0 Å². The third-order valence-electron chi connectivity index (χ3n) is 2.77. The Morgan fingerprint density at radius 2 is 2.47 bits per heavy atom. The van der Waals surface area contributed by atoms with E-state index in [4.69, 9.17) is 3.79 Å². The summed E-state index contributed by atoms with van der Waals surface area (Å²) in [6, 6.07) is 2.07. The second kappa shape index (κ2) is 6.56. The fourth-order valence-electron chi connectivity index (χ4n) is 1.90. The van der Waals surface area contributed by atoms with E-state index in [1.807, 2.05) is 9.58 Å². The van der Waals surface area contributed by atoms with Gasteiger partial charge in [0, 0.05) is 6.54 Å². The molecule has 1 aromatic rings. The van der Waals surface area contributed by atoms with E-state index in [1.165, 1.54) is 0 Å². The van der Waals surface area contributed by atoms with Crippen molar-refractivity contribution in [3.05, 3.63) is 17.5 Å². The van der Waals surface area contributed by atoms with Crippen molar-refractivity contribution in [2.24, 2.45) is 0 Å². The summed E-state index contributed by atoms with van der Waals surface area (Å²) < 4.78 is 7.83. The van der Waals surface area contributed by atoms with Crippen LogP contribution in [0.2, 0.25) is 5.79 Å². The summed E-state index contributed by atoms with van der Waals surface area (Å²) >= 11 is 1.28. The topological polar surface area (TPSA) is 47.4 Å². The molecule has 5 nitrogen and oxygen atoms in total. The van der Waals surface area contributed by atoms with Gasteiger partial charge in [-0.3, -0.25) is 9.48 Å². The first-order valence-corrected chi connectivity index (χ1v) is 13.5. The van der Waals surface area contributed by atoms with Crippen molar-refractivity contribution in [1.82, 2.24) is 14.7 Å². The zero-order chi connectivity index (χ0) is 12.3. The number of rotatable bonds is 4. The molecule has 0 atom stereocenters. The lowest BCUT2D eigenvalue weighted by molar-refractivity contribution is 0.204. The van der Waals surface area contributed by atoms with Gasteiger partial charge in [-0.25, -0.2) is 0 Å². The summed E-state index contributed by atoms with van der Waals surface area (Å²) in [4.78, 5) is 13.6. The van der Waals surface area contributed by atoms with Crippen LogP contribution in [0.1, 0.15) is 11.4 Å². The van der Waals surface area contributed by atoms with Crippen molar-refractivity contribution < 1.29 is 8.58 Å². The molecule has 0 spiro atoms. The van der Waals surface area contributed by atoms with E-state index in [0.29, 0.717) is 17.9 Å². The summed E-state index contributed by atoms with van der Waals surface area (Å²) in [7, 11) is 0. The van der Waals surface area contributed by atoms with Gasteiger partial charge in [0.2, 0.25) is 0 Å². The standard InChI is InChI=1S/C8H9N3O2.CH3.2Al.HI.2H/c12-5-7-3-8-4-10(6-13)1-2-11(8)9-7;;;;;;/h3H,1-2,4-5H2;1H3;;;1H;;/q-1;;2*+1;;;/p-1. The lowest BCUT2D eigenvalue weighted by atomic mass is 10.3. The Balaban J connectivity index is 2.04. The number of nitrogens with zero attached hydrogens (tertiary/aromatic N) is 3. The maximum absolute atomic E-state index is 11.7. The summed E-state index contributed by atoms with van der Waals surface area (Å²) in [5, 5.41) is 4.49. The maximum Gasteiger partial charge on any atom is 0.467 e. The molecule has 2 heterocycles. The summed E-state index contributed by atoms with van der Waals surface area (Å²) in [6.45, 7) is 2.95. The molecule has 0 radical (unpaired) electrons. The molecule has 90 valence electrons. The molecule has 0 fully saturated rings. The quantitative estimate of drug-likeness (QED) is 0.568. The largest absolute Gasteiger partial charge is 0.499 e. The van der Waals surface area contributed by atoms with Gasteiger partial charge in [0.15, 0.2) is 0 Å². The van der Waals surface area contributed by atoms with Crippen LogP contribution in [0.5, 0.6) is 0 Å². The first-order chi connectivity index (χ1) is 8.24. The molecule has 0 saturated heterocycles. The van der Waals surface area contributed by atoms with E-state index in [9.17, 15) is 4.79 Å².